The van der Waals surface area contributed by atoms with Gasteiger partial charge in [-0.3, -0.25) is 0 Å². The van der Waals surface area contributed by atoms with Crippen LogP contribution in [0.2, 0.25) is 18.1 Å². The minimum Gasteiger partial charge on any atom is -0.478 e. The topological polar surface area (TPSA) is 55.8 Å². The Morgan fingerprint density at radius 2 is 1.79 bits per heavy atom. The smallest absolute Gasteiger partial charge is 0.330 e. The summed E-state index contributed by atoms with van der Waals surface area (Å²) in [5, 5.41) is 9.30. The minimum atomic E-state index is -1.97. The van der Waals surface area contributed by atoms with Gasteiger partial charge < -0.3 is 14.3 Å². The van der Waals surface area contributed by atoms with E-state index in [2.05, 4.69) is 60.7 Å². The fourth-order valence-corrected chi connectivity index (χ4v) is 4.41. The molecular weight excluding hydrogens is 388 g/mol. The van der Waals surface area contributed by atoms with E-state index in [0.717, 1.165) is 6.42 Å². The zero-order valence-corrected chi connectivity index (χ0v) is 21.4. The molecule has 0 heterocycles. The second-order valence-corrected chi connectivity index (χ2v) is 14.6. The highest BCUT2D eigenvalue weighted by Gasteiger charge is 2.41. The van der Waals surface area contributed by atoms with Gasteiger partial charge in [0, 0.05) is 11.5 Å². The molecule has 0 rings (SSSR count). The second-order valence-electron chi connectivity index (χ2n) is 9.05. The van der Waals surface area contributed by atoms with Crippen molar-refractivity contribution >= 4 is 26.0 Å². The summed E-state index contributed by atoms with van der Waals surface area (Å²) in [6.07, 6.45) is 7.40. The Balaban J connectivity index is 5.80. The third-order valence-corrected chi connectivity index (χ3v) is 10.5. The predicted molar refractivity (Wildman–Crippen MR) is 125 cm³/mol. The fraction of sp³-hybridized carbons (Fsp3) is 0.773. The van der Waals surface area contributed by atoms with Crippen LogP contribution in [0.5, 0.6) is 0 Å². The van der Waals surface area contributed by atoms with E-state index in [1.807, 2.05) is 6.26 Å². The molecule has 0 spiro atoms. The summed E-state index contributed by atoms with van der Waals surface area (Å²) in [4.78, 5) is 11.2. The highest BCUT2D eigenvalue weighted by Crippen LogP contribution is 2.40. The van der Waals surface area contributed by atoms with Gasteiger partial charge in [-0.15, -0.1) is 11.8 Å². The lowest BCUT2D eigenvalue weighted by Crippen LogP contribution is -2.47. The highest BCUT2D eigenvalue weighted by atomic mass is 32.2. The Morgan fingerprint density at radius 1 is 1.21 bits per heavy atom. The van der Waals surface area contributed by atoms with Gasteiger partial charge in [-0.1, -0.05) is 46.8 Å². The monoisotopic (exact) mass is 430 g/mol. The molecule has 0 unspecified atom stereocenters. The van der Waals surface area contributed by atoms with Crippen LogP contribution in [0.15, 0.2) is 23.3 Å². The molecule has 0 aromatic rings. The number of hydrogen-bond acceptors (Lipinski definition) is 4. The molecule has 0 aromatic heterocycles. The molecule has 6 heteroatoms. The largest absolute Gasteiger partial charge is 0.478 e. The van der Waals surface area contributed by atoms with Crippen LogP contribution in [0.3, 0.4) is 0 Å². The molecule has 0 aliphatic heterocycles. The predicted octanol–water partition coefficient (Wildman–Crippen LogP) is 6.50. The van der Waals surface area contributed by atoms with Crippen molar-refractivity contribution in [1.29, 1.82) is 0 Å². The summed E-state index contributed by atoms with van der Waals surface area (Å²) < 4.78 is 13.0. The van der Waals surface area contributed by atoms with Gasteiger partial charge in [0.1, 0.15) is 0 Å². The SMILES string of the molecule is CC/C=C(\C)[C@@H](O[Si](C)(C)C(C)(C)C)[C@@H](C)[C@H](C/C=C(\C)C(=O)O)OCSC. The quantitative estimate of drug-likeness (QED) is 0.166. The van der Waals surface area contributed by atoms with E-state index in [9.17, 15) is 9.90 Å². The van der Waals surface area contributed by atoms with Gasteiger partial charge in [-0.25, -0.2) is 4.79 Å². The van der Waals surface area contributed by atoms with Gasteiger partial charge in [-0.2, -0.15) is 0 Å². The van der Waals surface area contributed by atoms with Crippen LogP contribution in [-0.4, -0.2) is 43.8 Å². The Bertz CT molecular complexity index is 549. The van der Waals surface area contributed by atoms with E-state index in [4.69, 9.17) is 9.16 Å². The van der Waals surface area contributed by atoms with Gasteiger partial charge in [0.15, 0.2) is 8.32 Å². The van der Waals surface area contributed by atoms with Crippen LogP contribution in [0, 0.1) is 5.92 Å². The first-order valence-corrected chi connectivity index (χ1v) is 14.4. The van der Waals surface area contributed by atoms with Crippen molar-refractivity contribution in [2.75, 3.05) is 12.2 Å². The second kappa shape index (κ2) is 12.2. The van der Waals surface area contributed by atoms with Crippen molar-refractivity contribution in [1.82, 2.24) is 0 Å². The summed E-state index contributed by atoms with van der Waals surface area (Å²) in [5.41, 5.74) is 1.59. The molecule has 0 saturated heterocycles. The van der Waals surface area contributed by atoms with Gasteiger partial charge in [0.25, 0.3) is 0 Å². The lowest BCUT2D eigenvalue weighted by molar-refractivity contribution is -0.132. The van der Waals surface area contributed by atoms with E-state index < -0.39 is 14.3 Å². The Kier molecular flexibility index (Phi) is 12.0. The molecule has 3 atom stereocenters. The van der Waals surface area contributed by atoms with Crippen LogP contribution in [-0.2, 0) is 14.0 Å². The summed E-state index contributed by atoms with van der Waals surface area (Å²) in [5.74, 6) is -0.187. The maximum absolute atomic E-state index is 11.2. The molecule has 28 heavy (non-hydrogen) atoms. The Labute approximate surface area is 178 Å². The van der Waals surface area contributed by atoms with Crippen molar-refractivity contribution in [3.63, 3.8) is 0 Å². The molecule has 0 amide bonds. The molecule has 4 nitrogen and oxygen atoms in total. The number of ether oxygens (including phenoxy) is 1. The number of thioether (sulfide) groups is 1. The molecule has 0 aromatic carbocycles. The molecule has 1 N–H and O–H groups in total. The molecule has 0 aliphatic carbocycles. The lowest BCUT2D eigenvalue weighted by atomic mass is 9.90. The number of hydrogen-bond donors (Lipinski definition) is 1. The summed E-state index contributed by atoms with van der Waals surface area (Å²) in [7, 11) is -1.97. The Hall–Kier alpha value is -0.563. The first-order valence-electron chi connectivity index (χ1n) is 10.1. The molecule has 0 radical (unpaired) electrons. The molecule has 0 fully saturated rings. The zero-order chi connectivity index (χ0) is 22.1. The van der Waals surface area contributed by atoms with Crippen LogP contribution in [0.4, 0.5) is 0 Å². The molecule has 164 valence electrons. The fourth-order valence-electron chi connectivity index (χ4n) is 2.71. The minimum absolute atomic E-state index is 0.0359. The van der Waals surface area contributed by atoms with Gasteiger partial charge in [-0.05, 0) is 56.7 Å². The van der Waals surface area contributed by atoms with Crippen LogP contribution < -0.4 is 0 Å². The number of allylic oxidation sites excluding steroid dienone is 1. The van der Waals surface area contributed by atoms with Crippen molar-refractivity contribution in [3.8, 4) is 0 Å². The number of carbonyl (C=O) groups is 1. The first-order chi connectivity index (χ1) is 12.8. The summed E-state index contributed by atoms with van der Waals surface area (Å²) in [6, 6.07) is 0. The van der Waals surface area contributed by atoms with Gasteiger partial charge in [0.05, 0.1) is 18.1 Å². The Morgan fingerprint density at radius 3 is 2.21 bits per heavy atom. The summed E-state index contributed by atoms with van der Waals surface area (Å²) >= 11 is 1.63. The number of rotatable bonds is 12. The van der Waals surface area contributed by atoms with Crippen molar-refractivity contribution in [2.24, 2.45) is 5.92 Å². The van der Waals surface area contributed by atoms with Crippen LogP contribution >= 0.6 is 11.8 Å². The standard InChI is InChI=1S/C22H42O4SSi/c1-11-12-16(2)20(26-28(9,10)22(5,6)7)18(4)19(25-15-27-8)14-13-17(3)21(23)24/h12-13,18-20H,11,14-15H2,1-10H3,(H,23,24)/b16-12+,17-13+/t18-,19-,20+/m0/s1. The number of carboxylic acids is 1. The van der Waals surface area contributed by atoms with Crippen LogP contribution in [0.25, 0.3) is 0 Å². The van der Waals surface area contributed by atoms with E-state index in [1.54, 1.807) is 24.8 Å². The third-order valence-electron chi connectivity index (χ3n) is 5.66. The summed E-state index contributed by atoms with van der Waals surface area (Å²) in [6.45, 7) is 19.4. The highest BCUT2D eigenvalue weighted by molar-refractivity contribution is 7.98. The zero-order valence-electron chi connectivity index (χ0n) is 19.6. The van der Waals surface area contributed by atoms with Crippen molar-refractivity contribution < 1.29 is 19.1 Å². The normalized spacial score (nSPS) is 17.4. The molecule has 0 saturated carbocycles. The maximum atomic E-state index is 11.2. The van der Waals surface area contributed by atoms with Crippen molar-refractivity contribution in [3.05, 3.63) is 23.3 Å². The average Bonchev–Trinajstić information content (AvgIpc) is 2.58. The first kappa shape index (κ1) is 27.4. The van der Waals surface area contributed by atoms with Crippen LogP contribution in [0.1, 0.15) is 61.3 Å². The van der Waals surface area contributed by atoms with E-state index in [1.165, 1.54) is 5.57 Å². The van der Waals surface area contributed by atoms with Crippen molar-refractivity contribution in [2.45, 2.75) is 91.6 Å². The van der Waals surface area contributed by atoms with E-state index >= 15 is 0 Å². The molecule has 0 bridgehead atoms. The lowest BCUT2D eigenvalue weighted by Gasteiger charge is -2.42. The van der Waals surface area contributed by atoms with E-state index in [-0.39, 0.29) is 23.2 Å². The maximum Gasteiger partial charge on any atom is 0.330 e. The molecule has 0 aliphatic rings. The third kappa shape index (κ3) is 8.85. The number of aliphatic carboxylic acids is 1. The average molecular weight is 431 g/mol. The molecular formula is C22H42O4SSi. The van der Waals surface area contributed by atoms with E-state index in [0.29, 0.717) is 17.9 Å². The van der Waals surface area contributed by atoms with Gasteiger partial charge in [0.2, 0.25) is 0 Å². The van der Waals surface area contributed by atoms with Gasteiger partial charge >= 0.3 is 5.97 Å². The number of carboxylic acid groups (broad SMARTS) is 1.